The molecule has 1 saturated heterocycles. The van der Waals surface area contributed by atoms with Crippen molar-refractivity contribution >= 4 is 17.8 Å². The molecule has 0 aromatic heterocycles. The van der Waals surface area contributed by atoms with Crippen LogP contribution in [0.1, 0.15) is 59.3 Å². The lowest BCUT2D eigenvalue weighted by Crippen LogP contribution is -2.61. The maximum absolute atomic E-state index is 12.5. The van der Waals surface area contributed by atoms with Crippen molar-refractivity contribution < 1.29 is 23.9 Å². The van der Waals surface area contributed by atoms with Gasteiger partial charge in [-0.15, -0.1) is 0 Å². The molecule has 0 radical (unpaired) electrons. The third-order valence-corrected chi connectivity index (χ3v) is 4.36. The van der Waals surface area contributed by atoms with E-state index in [-0.39, 0.29) is 19.6 Å². The number of likely N-dealkylation sites (tertiary alicyclic amines) is 1. The molecule has 1 aliphatic rings. The van der Waals surface area contributed by atoms with E-state index in [0.717, 1.165) is 26.1 Å². The zero-order chi connectivity index (χ0) is 18.7. The Kier molecular flexibility index (Phi) is 9.49. The molecule has 7 nitrogen and oxygen atoms in total. The molecule has 1 aliphatic heterocycles. The number of hydrogen-bond acceptors (Lipinski definition) is 6. The Morgan fingerprint density at radius 3 is 2.00 bits per heavy atom. The third kappa shape index (κ3) is 6.65. The average Bonchev–Trinajstić information content (AvgIpc) is 2.58. The standard InChI is InChI=1S/C18H32N2O5/c1-4-24-16(22)18(19-15(3)21,17(23)25-5-2)11-7-10-14-20-12-8-6-9-13-20/h4-14H2,1-3H3,(H,19,21). The summed E-state index contributed by atoms with van der Waals surface area (Å²) in [5.41, 5.74) is -1.75. The Balaban J connectivity index is 2.74. The second kappa shape index (κ2) is 11.1. The number of esters is 2. The van der Waals surface area contributed by atoms with Gasteiger partial charge < -0.3 is 19.7 Å². The van der Waals surface area contributed by atoms with Crippen LogP contribution < -0.4 is 5.32 Å². The Morgan fingerprint density at radius 1 is 0.960 bits per heavy atom. The van der Waals surface area contributed by atoms with Crippen molar-refractivity contribution in [3.8, 4) is 0 Å². The van der Waals surface area contributed by atoms with Crippen LogP contribution in [0.3, 0.4) is 0 Å². The lowest BCUT2D eigenvalue weighted by molar-refractivity contribution is -0.168. The summed E-state index contributed by atoms with van der Waals surface area (Å²) in [5, 5.41) is 2.50. The van der Waals surface area contributed by atoms with Crippen LogP contribution in [0.25, 0.3) is 0 Å². The van der Waals surface area contributed by atoms with Gasteiger partial charge in [-0.3, -0.25) is 4.79 Å². The van der Waals surface area contributed by atoms with Crippen molar-refractivity contribution in [2.24, 2.45) is 0 Å². The van der Waals surface area contributed by atoms with Gasteiger partial charge in [-0.1, -0.05) is 6.42 Å². The van der Waals surface area contributed by atoms with Gasteiger partial charge in [0.1, 0.15) is 0 Å². The highest BCUT2D eigenvalue weighted by Gasteiger charge is 2.49. The smallest absolute Gasteiger partial charge is 0.343 e. The lowest BCUT2D eigenvalue weighted by atomic mass is 9.92. The van der Waals surface area contributed by atoms with Gasteiger partial charge in [0.15, 0.2) is 0 Å². The largest absolute Gasteiger partial charge is 0.464 e. The van der Waals surface area contributed by atoms with E-state index in [9.17, 15) is 14.4 Å². The SMILES string of the molecule is CCOC(=O)C(CCCCN1CCCCC1)(NC(C)=O)C(=O)OCC. The highest BCUT2D eigenvalue weighted by atomic mass is 16.6. The number of nitrogens with one attached hydrogen (secondary N) is 1. The molecule has 1 amide bonds. The van der Waals surface area contributed by atoms with Gasteiger partial charge in [0.2, 0.25) is 11.4 Å². The highest BCUT2D eigenvalue weighted by Crippen LogP contribution is 2.20. The van der Waals surface area contributed by atoms with Crippen molar-refractivity contribution in [3.63, 3.8) is 0 Å². The predicted octanol–water partition coefficient (Wildman–Crippen LogP) is 1.64. The molecule has 0 saturated carbocycles. The van der Waals surface area contributed by atoms with Gasteiger partial charge in [-0.05, 0) is 65.6 Å². The first kappa shape index (κ1) is 21.4. The summed E-state index contributed by atoms with van der Waals surface area (Å²) in [7, 11) is 0. The van der Waals surface area contributed by atoms with Crippen LogP contribution >= 0.6 is 0 Å². The van der Waals surface area contributed by atoms with Crippen LogP contribution in [0.5, 0.6) is 0 Å². The molecule has 0 aromatic carbocycles. The summed E-state index contributed by atoms with van der Waals surface area (Å²) in [4.78, 5) is 39.0. The van der Waals surface area contributed by atoms with Crippen molar-refractivity contribution in [3.05, 3.63) is 0 Å². The van der Waals surface area contributed by atoms with E-state index in [2.05, 4.69) is 10.2 Å². The quantitative estimate of drug-likeness (QED) is 0.364. The first-order chi connectivity index (χ1) is 12.0. The first-order valence-electron chi connectivity index (χ1n) is 9.31. The molecule has 0 atom stereocenters. The van der Waals surface area contributed by atoms with Gasteiger partial charge in [-0.2, -0.15) is 0 Å². The third-order valence-electron chi connectivity index (χ3n) is 4.36. The van der Waals surface area contributed by atoms with Crippen molar-refractivity contribution in [1.82, 2.24) is 10.2 Å². The fraction of sp³-hybridized carbons (Fsp3) is 0.833. The number of unbranched alkanes of at least 4 members (excludes halogenated alkanes) is 1. The molecule has 1 heterocycles. The van der Waals surface area contributed by atoms with E-state index >= 15 is 0 Å². The van der Waals surface area contributed by atoms with Crippen LogP contribution in [0.15, 0.2) is 0 Å². The van der Waals surface area contributed by atoms with Crippen LogP contribution in [-0.4, -0.2) is 61.1 Å². The fourth-order valence-electron chi connectivity index (χ4n) is 3.17. The molecule has 0 aromatic rings. The van der Waals surface area contributed by atoms with Gasteiger partial charge in [0.25, 0.3) is 0 Å². The van der Waals surface area contributed by atoms with E-state index in [4.69, 9.17) is 9.47 Å². The molecule has 0 unspecified atom stereocenters. The monoisotopic (exact) mass is 356 g/mol. The zero-order valence-corrected chi connectivity index (χ0v) is 15.8. The molecule has 1 fully saturated rings. The maximum atomic E-state index is 12.5. The highest BCUT2D eigenvalue weighted by molar-refractivity contribution is 6.07. The van der Waals surface area contributed by atoms with Crippen LogP contribution in [-0.2, 0) is 23.9 Å². The molecule has 0 bridgehead atoms. The summed E-state index contributed by atoms with van der Waals surface area (Å²) in [5.74, 6) is -1.96. The Bertz CT molecular complexity index is 429. The molecule has 7 heteroatoms. The van der Waals surface area contributed by atoms with E-state index < -0.39 is 23.4 Å². The number of amides is 1. The summed E-state index contributed by atoms with van der Waals surface area (Å²) in [6.45, 7) is 8.01. The van der Waals surface area contributed by atoms with Gasteiger partial charge in [-0.25, -0.2) is 9.59 Å². The minimum absolute atomic E-state index is 0.132. The normalized spacial score (nSPS) is 15.5. The number of nitrogens with zero attached hydrogens (tertiary/aromatic N) is 1. The molecule has 1 N–H and O–H groups in total. The Hall–Kier alpha value is -1.63. The molecule has 0 spiro atoms. The van der Waals surface area contributed by atoms with E-state index in [1.165, 1.54) is 26.2 Å². The average molecular weight is 356 g/mol. The Morgan fingerprint density at radius 2 is 1.52 bits per heavy atom. The molecular formula is C18H32N2O5. The van der Waals surface area contributed by atoms with Crippen LogP contribution in [0.2, 0.25) is 0 Å². The fourth-order valence-corrected chi connectivity index (χ4v) is 3.17. The number of hydrogen-bond donors (Lipinski definition) is 1. The maximum Gasteiger partial charge on any atom is 0.343 e. The molecular weight excluding hydrogens is 324 g/mol. The lowest BCUT2D eigenvalue weighted by Gasteiger charge is -2.30. The van der Waals surface area contributed by atoms with Crippen molar-refractivity contribution in [1.29, 1.82) is 0 Å². The molecule has 0 aliphatic carbocycles. The van der Waals surface area contributed by atoms with Crippen LogP contribution in [0.4, 0.5) is 0 Å². The predicted molar refractivity (Wildman–Crippen MR) is 94.0 cm³/mol. The minimum Gasteiger partial charge on any atom is -0.464 e. The second-order valence-electron chi connectivity index (χ2n) is 6.39. The van der Waals surface area contributed by atoms with Crippen LogP contribution in [0, 0.1) is 0 Å². The van der Waals surface area contributed by atoms with E-state index in [0.29, 0.717) is 6.42 Å². The van der Waals surface area contributed by atoms with Gasteiger partial charge in [0, 0.05) is 6.92 Å². The number of rotatable bonds is 10. The summed E-state index contributed by atoms with van der Waals surface area (Å²) in [6.07, 6.45) is 5.38. The molecule has 144 valence electrons. The Labute approximate surface area is 150 Å². The first-order valence-corrected chi connectivity index (χ1v) is 9.31. The van der Waals surface area contributed by atoms with Crippen molar-refractivity contribution in [2.45, 2.75) is 64.8 Å². The topological polar surface area (TPSA) is 84.9 Å². The molecule has 25 heavy (non-hydrogen) atoms. The zero-order valence-electron chi connectivity index (χ0n) is 15.8. The number of piperidine rings is 1. The summed E-state index contributed by atoms with van der Waals surface area (Å²) in [6, 6.07) is 0. The summed E-state index contributed by atoms with van der Waals surface area (Å²) >= 11 is 0. The van der Waals surface area contributed by atoms with E-state index in [1.807, 2.05) is 0 Å². The van der Waals surface area contributed by atoms with E-state index in [1.54, 1.807) is 13.8 Å². The number of ether oxygens (including phenoxy) is 2. The van der Waals surface area contributed by atoms with Gasteiger partial charge >= 0.3 is 11.9 Å². The van der Waals surface area contributed by atoms with Crippen molar-refractivity contribution in [2.75, 3.05) is 32.8 Å². The van der Waals surface area contributed by atoms with Gasteiger partial charge in [0.05, 0.1) is 13.2 Å². The second-order valence-corrected chi connectivity index (χ2v) is 6.39. The molecule has 1 rings (SSSR count). The number of carbonyl (C=O) groups is 3. The number of carbonyl (C=O) groups excluding carboxylic acids is 3. The summed E-state index contributed by atoms with van der Waals surface area (Å²) < 4.78 is 10.1. The minimum atomic E-state index is -1.75.